The van der Waals surface area contributed by atoms with Crippen molar-refractivity contribution in [1.29, 1.82) is 0 Å². The number of aromatic amines is 1. The highest BCUT2D eigenvalue weighted by Gasteiger charge is 2.24. The largest absolute Gasteiger partial charge is 0.372 e. The van der Waals surface area contributed by atoms with Gasteiger partial charge in [-0.1, -0.05) is 29.8 Å². The summed E-state index contributed by atoms with van der Waals surface area (Å²) < 4.78 is 1.79. The van der Waals surface area contributed by atoms with Gasteiger partial charge in [0.05, 0.1) is 15.6 Å². The molecule has 1 saturated heterocycles. The highest BCUT2D eigenvalue weighted by molar-refractivity contribution is 6.42. The number of benzene rings is 1. The average molecular weight is 484 g/mol. The number of likely N-dealkylation sites (tertiary alicyclic amines) is 1. The van der Waals surface area contributed by atoms with Gasteiger partial charge in [0.2, 0.25) is 5.78 Å². The van der Waals surface area contributed by atoms with Crippen LogP contribution in [0, 0.1) is 0 Å². The van der Waals surface area contributed by atoms with Gasteiger partial charge < -0.3 is 4.90 Å². The van der Waals surface area contributed by atoms with Gasteiger partial charge in [0.15, 0.2) is 5.65 Å². The number of aliphatic imine (C=N–C) groups is 1. The van der Waals surface area contributed by atoms with Gasteiger partial charge in [0.1, 0.15) is 5.70 Å². The summed E-state index contributed by atoms with van der Waals surface area (Å²) in [4.78, 5) is 38.9. The van der Waals surface area contributed by atoms with Crippen LogP contribution in [0.2, 0.25) is 10.0 Å². The lowest BCUT2D eigenvalue weighted by Crippen LogP contribution is -2.36. The molecule has 0 saturated carbocycles. The first-order valence-corrected chi connectivity index (χ1v) is 11.3. The van der Waals surface area contributed by atoms with Crippen LogP contribution < -0.4 is 5.69 Å². The monoisotopic (exact) mass is 483 g/mol. The molecule has 1 aromatic carbocycles. The van der Waals surface area contributed by atoms with Crippen molar-refractivity contribution in [2.45, 2.75) is 25.8 Å². The van der Waals surface area contributed by atoms with Crippen molar-refractivity contribution < 1.29 is 4.79 Å². The number of hydrogen-bond donors (Lipinski definition) is 1. The van der Waals surface area contributed by atoms with Gasteiger partial charge >= 0.3 is 5.69 Å². The van der Waals surface area contributed by atoms with E-state index in [-0.39, 0.29) is 23.2 Å². The van der Waals surface area contributed by atoms with E-state index in [1.165, 1.54) is 6.07 Å². The van der Waals surface area contributed by atoms with Crippen molar-refractivity contribution >= 4 is 46.4 Å². The molecule has 2 aromatic heterocycles. The van der Waals surface area contributed by atoms with E-state index >= 15 is 0 Å². The van der Waals surface area contributed by atoms with Crippen molar-refractivity contribution in [1.82, 2.24) is 19.4 Å². The number of carbonyl (C=O) groups excluding carboxylic acids is 1. The number of allylic oxidation sites excluding steroid dienone is 2. The number of ketones is 1. The molecule has 170 valence electrons. The summed E-state index contributed by atoms with van der Waals surface area (Å²) >= 11 is 12.0. The number of rotatable bonds is 6. The van der Waals surface area contributed by atoms with Crippen molar-refractivity contribution in [3.8, 4) is 0 Å². The zero-order chi connectivity index (χ0) is 23.5. The van der Waals surface area contributed by atoms with Gasteiger partial charge in [-0.2, -0.15) is 0 Å². The number of H-pyrrole nitrogens is 1. The topological polar surface area (TPSA) is 83.4 Å². The summed E-state index contributed by atoms with van der Waals surface area (Å²) in [6.45, 7) is 7.30. The third kappa shape index (κ3) is 4.79. The molecule has 0 radical (unpaired) electrons. The number of fused-ring (bicyclic) bond motifs is 1. The Bertz CT molecular complexity index is 1330. The van der Waals surface area contributed by atoms with Crippen LogP contribution in [-0.4, -0.2) is 44.5 Å². The third-order valence-corrected chi connectivity index (χ3v) is 6.45. The van der Waals surface area contributed by atoms with E-state index < -0.39 is 0 Å². The van der Waals surface area contributed by atoms with Gasteiger partial charge in [-0.25, -0.2) is 9.78 Å². The molecule has 1 aliphatic rings. The van der Waals surface area contributed by atoms with Crippen molar-refractivity contribution in [2.24, 2.45) is 4.99 Å². The quantitative estimate of drug-likeness (QED) is 0.230. The molecule has 1 aliphatic heterocycles. The minimum absolute atomic E-state index is 0.0643. The van der Waals surface area contributed by atoms with Crippen LogP contribution in [-0.2, 0) is 0 Å². The summed E-state index contributed by atoms with van der Waals surface area (Å²) in [6, 6.07) is 8.54. The molecule has 0 atom stereocenters. The molecular weight excluding hydrogens is 461 g/mol. The molecule has 33 heavy (non-hydrogen) atoms. The normalized spacial score (nSPS) is 15.5. The second-order valence-electron chi connectivity index (χ2n) is 7.76. The number of pyridine rings is 1. The molecule has 4 rings (SSSR count). The van der Waals surface area contributed by atoms with Crippen molar-refractivity contribution in [3.63, 3.8) is 0 Å². The molecule has 7 nitrogen and oxygen atoms in total. The Balaban J connectivity index is 1.49. The van der Waals surface area contributed by atoms with E-state index in [1.807, 2.05) is 12.1 Å². The Kier molecular flexibility index (Phi) is 6.81. The number of aromatic nitrogens is 3. The Hall–Kier alpha value is -3.16. The predicted molar refractivity (Wildman–Crippen MR) is 132 cm³/mol. The lowest BCUT2D eigenvalue weighted by atomic mass is 10.0. The standard InChI is InChI=1S/C24H23Cl2N5O2/c1-3-27-20(22(32)16-6-7-18(25)19(26)14-16)13-15(2)30-11-8-17(9-12-30)31-21-5-4-10-28-23(21)29-24(31)33/h3-7,10,13-14,17H,2,8-9,11-12H2,1H3,(H,28,29,33)/b20-13-,27-3-. The van der Waals surface area contributed by atoms with E-state index in [9.17, 15) is 9.59 Å². The number of halogens is 2. The van der Waals surface area contributed by atoms with E-state index in [4.69, 9.17) is 23.2 Å². The summed E-state index contributed by atoms with van der Waals surface area (Å²) in [6.07, 6.45) is 6.45. The highest BCUT2D eigenvalue weighted by atomic mass is 35.5. The average Bonchev–Trinajstić information content (AvgIpc) is 3.15. The van der Waals surface area contributed by atoms with Gasteiger partial charge in [-0.05, 0) is 56.2 Å². The molecule has 0 unspecified atom stereocenters. The van der Waals surface area contributed by atoms with E-state index in [0.717, 1.165) is 18.4 Å². The minimum Gasteiger partial charge on any atom is -0.372 e. The first kappa shape index (κ1) is 23.0. The Morgan fingerprint density at radius 1 is 1.24 bits per heavy atom. The number of imidazole rings is 1. The molecule has 0 spiro atoms. The number of carbonyl (C=O) groups is 1. The maximum Gasteiger partial charge on any atom is 0.327 e. The highest BCUT2D eigenvalue weighted by Crippen LogP contribution is 2.28. The maximum atomic E-state index is 13.0. The predicted octanol–water partition coefficient (Wildman–Crippen LogP) is 5.04. The molecule has 3 heterocycles. The SMILES string of the molecule is C=C(/C=C(\N=C/C)C(=O)c1ccc(Cl)c(Cl)c1)N1CCC(n2c(=O)[nH]c3ncccc32)CC1. The Labute approximate surface area is 201 Å². The fourth-order valence-corrected chi connectivity index (χ4v) is 4.37. The number of Topliss-reactive ketones (excluding diaryl/α,β-unsaturated/α-hetero) is 1. The van der Waals surface area contributed by atoms with Crippen LogP contribution in [0.1, 0.15) is 36.2 Å². The van der Waals surface area contributed by atoms with E-state index in [0.29, 0.717) is 40.0 Å². The zero-order valence-electron chi connectivity index (χ0n) is 18.1. The number of nitrogens with zero attached hydrogens (tertiary/aromatic N) is 4. The van der Waals surface area contributed by atoms with Gasteiger partial charge in [-0.3, -0.25) is 19.3 Å². The van der Waals surface area contributed by atoms with Crippen molar-refractivity contribution in [3.05, 3.63) is 86.7 Å². The molecule has 1 N–H and O–H groups in total. The van der Waals surface area contributed by atoms with Crippen LogP contribution in [0.15, 0.2) is 70.4 Å². The fraction of sp³-hybridized carbons (Fsp3) is 0.250. The van der Waals surface area contributed by atoms with Crippen LogP contribution in [0.5, 0.6) is 0 Å². The summed E-state index contributed by atoms with van der Waals surface area (Å²) in [5, 5.41) is 0.695. The van der Waals surface area contributed by atoms with Gasteiger partial charge in [0.25, 0.3) is 0 Å². The first-order valence-electron chi connectivity index (χ1n) is 10.6. The summed E-state index contributed by atoms with van der Waals surface area (Å²) in [5.74, 6) is -0.263. The fourth-order valence-electron chi connectivity index (χ4n) is 4.07. The third-order valence-electron chi connectivity index (χ3n) is 5.71. The number of hydrogen-bond acceptors (Lipinski definition) is 5. The van der Waals surface area contributed by atoms with Crippen LogP contribution in [0.4, 0.5) is 0 Å². The second kappa shape index (κ2) is 9.77. The summed E-state index contributed by atoms with van der Waals surface area (Å²) in [7, 11) is 0. The molecule has 0 amide bonds. The number of piperidine rings is 1. The van der Waals surface area contributed by atoms with Crippen molar-refractivity contribution in [2.75, 3.05) is 13.1 Å². The van der Waals surface area contributed by atoms with Crippen LogP contribution >= 0.6 is 23.2 Å². The molecule has 1 fully saturated rings. The molecule has 9 heteroatoms. The Morgan fingerprint density at radius 3 is 2.70 bits per heavy atom. The van der Waals surface area contributed by atoms with E-state index in [1.54, 1.807) is 42.1 Å². The molecule has 0 aliphatic carbocycles. The summed E-state index contributed by atoms with van der Waals surface area (Å²) in [5.41, 5.74) is 2.62. The second-order valence-corrected chi connectivity index (χ2v) is 8.57. The van der Waals surface area contributed by atoms with Crippen LogP contribution in [0.3, 0.4) is 0 Å². The smallest absolute Gasteiger partial charge is 0.327 e. The molecule has 3 aromatic rings. The first-order chi connectivity index (χ1) is 15.9. The lowest BCUT2D eigenvalue weighted by molar-refractivity contribution is 0.103. The Morgan fingerprint density at radius 2 is 2.00 bits per heavy atom. The number of nitrogens with one attached hydrogen (secondary N) is 1. The lowest BCUT2D eigenvalue weighted by Gasteiger charge is -2.34. The maximum absolute atomic E-state index is 13.0. The minimum atomic E-state index is -0.263. The molecule has 0 bridgehead atoms. The van der Waals surface area contributed by atoms with E-state index in [2.05, 4.69) is 26.4 Å². The van der Waals surface area contributed by atoms with Crippen LogP contribution in [0.25, 0.3) is 11.2 Å². The zero-order valence-corrected chi connectivity index (χ0v) is 19.6. The van der Waals surface area contributed by atoms with Gasteiger partial charge in [-0.15, -0.1) is 0 Å². The van der Waals surface area contributed by atoms with Gasteiger partial charge in [0, 0.05) is 42.8 Å². The molecular formula is C24H23Cl2N5O2.